The molecular weight excluding hydrogens is 256 g/mol. The molecule has 16 heavy (non-hydrogen) atoms. The summed E-state index contributed by atoms with van der Waals surface area (Å²) in [6, 6.07) is 0. The molecule has 0 saturated carbocycles. The summed E-state index contributed by atoms with van der Waals surface area (Å²) in [5.74, 6) is 5.09. The van der Waals surface area contributed by atoms with Gasteiger partial charge in [-0.25, -0.2) is 0 Å². The van der Waals surface area contributed by atoms with E-state index in [0.717, 1.165) is 17.0 Å². The molecular formula is C11H20N2S3. The van der Waals surface area contributed by atoms with Crippen LogP contribution in [0.15, 0.2) is 4.99 Å². The Morgan fingerprint density at radius 3 is 2.94 bits per heavy atom. The number of hydrogen-bond acceptors (Lipinski definition) is 4. The maximum absolute atomic E-state index is 4.74. The van der Waals surface area contributed by atoms with Crippen LogP contribution in [0.25, 0.3) is 0 Å². The van der Waals surface area contributed by atoms with Crippen LogP contribution in [0.4, 0.5) is 0 Å². The minimum atomic E-state index is 0.235. The second kappa shape index (κ2) is 5.91. The van der Waals surface area contributed by atoms with Gasteiger partial charge in [-0.05, 0) is 20.3 Å². The van der Waals surface area contributed by atoms with Crippen LogP contribution in [-0.2, 0) is 0 Å². The van der Waals surface area contributed by atoms with E-state index in [0.29, 0.717) is 0 Å². The van der Waals surface area contributed by atoms with Crippen molar-refractivity contribution < 1.29 is 0 Å². The number of hydrogen-bond donors (Lipinski definition) is 1. The largest absolute Gasteiger partial charge is 0.360 e. The molecule has 5 heteroatoms. The monoisotopic (exact) mass is 276 g/mol. The smallest absolute Gasteiger partial charge is 0.156 e. The Labute approximate surface area is 111 Å². The van der Waals surface area contributed by atoms with Crippen LogP contribution in [0.2, 0.25) is 0 Å². The van der Waals surface area contributed by atoms with E-state index in [-0.39, 0.29) is 5.54 Å². The first kappa shape index (κ1) is 13.0. The second-order valence-corrected chi connectivity index (χ2v) is 8.46. The molecule has 0 bridgehead atoms. The molecule has 92 valence electrons. The van der Waals surface area contributed by atoms with E-state index in [1.807, 2.05) is 11.8 Å². The van der Waals surface area contributed by atoms with Crippen molar-refractivity contribution >= 4 is 40.5 Å². The van der Waals surface area contributed by atoms with E-state index >= 15 is 0 Å². The molecule has 0 spiro atoms. The van der Waals surface area contributed by atoms with Gasteiger partial charge in [0.15, 0.2) is 5.17 Å². The zero-order valence-corrected chi connectivity index (χ0v) is 12.4. The molecule has 2 aliphatic rings. The maximum atomic E-state index is 4.74. The van der Waals surface area contributed by atoms with Crippen molar-refractivity contribution in [2.24, 2.45) is 4.99 Å². The standard InChI is InChI=1S/C11H20N2S3/c1-11(2)3-4-16-10(13-11)12-7-9-8-14-5-6-15-9/h9H,3-8H2,1-2H3,(H,12,13). The molecule has 0 aromatic rings. The van der Waals surface area contributed by atoms with E-state index < -0.39 is 0 Å². The number of rotatable bonds is 2. The fourth-order valence-electron chi connectivity index (χ4n) is 1.70. The van der Waals surface area contributed by atoms with Gasteiger partial charge in [-0.2, -0.15) is 23.5 Å². The highest BCUT2D eigenvalue weighted by molar-refractivity contribution is 8.13. The Hall–Kier alpha value is 0.520. The lowest BCUT2D eigenvalue weighted by Crippen LogP contribution is -2.46. The molecule has 2 saturated heterocycles. The predicted molar refractivity (Wildman–Crippen MR) is 80.2 cm³/mol. The van der Waals surface area contributed by atoms with Crippen molar-refractivity contribution in [3.8, 4) is 0 Å². The van der Waals surface area contributed by atoms with Gasteiger partial charge in [0, 0.05) is 33.8 Å². The Bertz CT molecular complexity index is 260. The van der Waals surface area contributed by atoms with Crippen LogP contribution in [0.5, 0.6) is 0 Å². The molecule has 0 aliphatic carbocycles. The molecule has 0 aromatic heterocycles. The van der Waals surface area contributed by atoms with Crippen LogP contribution in [0.3, 0.4) is 0 Å². The zero-order chi connectivity index (χ0) is 11.4. The average molecular weight is 276 g/mol. The summed E-state index contributed by atoms with van der Waals surface area (Å²) in [4.78, 5) is 4.74. The SMILES string of the molecule is CC1(C)CCSC(=NCC2CSCCS2)N1. The quantitative estimate of drug-likeness (QED) is 0.838. The van der Waals surface area contributed by atoms with Crippen molar-refractivity contribution in [2.75, 3.05) is 29.6 Å². The molecule has 2 aliphatic heterocycles. The Morgan fingerprint density at radius 2 is 2.25 bits per heavy atom. The van der Waals surface area contributed by atoms with Gasteiger partial charge in [0.05, 0.1) is 6.54 Å². The van der Waals surface area contributed by atoms with Gasteiger partial charge < -0.3 is 5.32 Å². The third-order valence-corrected chi connectivity index (χ3v) is 6.47. The molecule has 2 fully saturated rings. The fraction of sp³-hybridized carbons (Fsp3) is 0.909. The van der Waals surface area contributed by atoms with Crippen molar-refractivity contribution in [3.63, 3.8) is 0 Å². The number of nitrogens with one attached hydrogen (secondary N) is 1. The summed E-state index contributed by atoms with van der Waals surface area (Å²) in [7, 11) is 0. The summed E-state index contributed by atoms with van der Waals surface area (Å²) in [6.07, 6.45) is 1.23. The van der Waals surface area contributed by atoms with Crippen LogP contribution < -0.4 is 5.32 Å². The summed E-state index contributed by atoms with van der Waals surface area (Å²) in [6.45, 7) is 5.50. The topological polar surface area (TPSA) is 24.4 Å². The predicted octanol–water partition coefficient (Wildman–Crippen LogP) is 2.70. The third-order valence-electron chi connectivity index (χ3n) is 2.73. The fourth-order valence-corrected chi connectivity index (χ4v) is 5.60. The average Bonchev–Trinajstić information content (AvgIpc) is 2.27. The van der Waals surface area contributed by atoms with Gasteiger partial charge in [0.1, 0.15) is 0 Å². The maximum Gasteiger partial charge on any atom is 0.156 e. The van der Waals surface area contributed by atoms with Crippen LogP contribution in [0.1, 0.15) is 20.3 Å². The van der Waals surface area contributed by atoms with Crippen LogP contribution >= 0.6 is 35.3 Å². The minimum absolute atomic E-state index is 0.235. The van der Waals surface area contributed by atoms with E-state index in [9.17, 15) is 0 Å². The van der Waals surface area contributed by atoms with Gasteiger partial charge in [0.25, 0.3) is 0 Å². The number of thioether (sulfide) groups is 3. The van der Waals surface area contributed by atoms with Gasteiger partial charge in [-0.3, -0.25) is 4.99 Å². The molecule has 1 unspecified atom stereocenters. The highest BCUT2D eigenvalue weighted by atomic mass is 32.2. The second-order valence-electron chi connectivity index (χ2n) is 4.82. The number of nitrogens with zero attached hydrogens (tertiary/aromatic N) is 1. The molecule has 0 radical (unpaired) electrons. The van der Waals surface area contributed by atoms with Crippen molar-refractivity contribution in [3.05, 3.63) is 0 Å². The van der Waals surface area contributed by atoms with E-state index in [2.05, 4.69) is 42.7 Å². The van der Waals surface area contributed by atoms with Gasteiger partial charge in [0.2, 0.25) is 0 Å². The van der Waals surface area contributed by atoms with Crippen LogP contribution in [-0.4, -0.2) is 45.5 Å². The van der Waals surface area contributed by atoms with Crippen molar-refractivity contribution in [1.82, 2.24) is 5.32 Å². The van der Waals surface area contributed by atoms with Gasteiger partial charge in [-0.15, -0.1) is 0 Å². The number of aliphatic imine (C=N–C) groups is 1. The third kappa shape index (κ3) is 4.08. The van der Waals surface area contributed by atoms with Gasteiger partial charge in [-0.1, -0.05) is 11.8 Å². The summed E-state index contributed by atoms with van der Waals surface area (Å²) < 4.78 is 0. The molecule has 0 aromatic carbocycles. The molecule has 2 heterocycles. The first-order valence-electron chi connectivity index (χ1n) is 5.80. The Morgan fingerprint density at radius 1 is 1.38 bits per heavy atom. The lowest BCUT2D eigenvalue weighted by molar-refractivity contribution is 0.446. The normalized spacial score (nSPS) is 32.4. The lowest BCUT2D eigenvalue weighted by Gasteiger charge is -2.32. The van der Waals surface area contributed by atoms with Crippen LogP contribution in [0, 0.1) is 0 Å². The molecule has 0 amide bonds. The first-order chi connectivity index (χ1) is 7.66. The van der Waals surface area contributed by atoms with E-state index in [1.165, 1.54) is 29.4 Å². The zero-order valence-electron chi connectivity index (χ0n) is 9.99. The van der Waals surface area contributed by atoms with E-state index in [4.69, 9.17) is 4.99 Å². The molecule has 1 atom stereocenters. The molecule has 1 N–H and O–H groups in total. The Balaban J connectivity index is 1.81. The highest BCUT2D eigenvalue weighted by Crippen LogP contribution is 2.25. The molecule has 2 rings (SSSR count). The molecule has 2 nitrogen and oxygen atoms in total. The van der Waals surface area contributed by atoms with Gasteiger partial charge >= 0.3 is 0 Å². The summed E-state index contributed by atoms with van der Waals surface area (Å²) in [5.41, 5.74) is 0.235. The van der Waals surface area contributed by atoms with Crippen molar-refractivity contribution in [2.45, 2.75) is 31.1 Å². The first-order valence-corrected chi connectivity index (χ1v) is 8.99. The lowest BCUT2D eigenvalue weighted by atomic mass is 10.0. The highest BCUT2D eigenvalue weighted by Gasteiger charge is 2.24. The minimum Gasteiger partial charge on any atom is -0.360 e. The summed E-state index contributed by atoms with van der Waals surface area (Å²) in [5, 5.41) is 5.42. The summed E-state index contributed by atoms with van der Waals surface area (Å²) >= 11 is 6.04. The Kier molecular flexibility index (Phi) is 4.79. The number of amidine groups is 1. The van der Waals surface area contributed by atoms with Crippen molar-refractivity contribution in [1.29, 1.82) is 0 Å². The van der Waals surface area contributed by atoms with E-state index in [1.54, 1.807) is 0 Å².